The van der Waals surface area contributed by atoms with Gasteiger partial charge in [-0.15, -0.1) is 0 Å². The molecule has 2 fully saturated rings. The number of benzene rings is 1. The van der Waals surface area contributed by atoms with Gasteiger partial charge in [0.15, 0.2) is 0 Å². The third kappa shape index (κ3) is 4.87. The third-order valence-corrected chi connectivity index (χ3v) is 6.72. The van der Waals surface area contributed by atoms with E-state index in [4.69, 9.17) is 9.97 Å². The van der Waals surface area contributed by atoms with E-state index in [0.717, 1.165) is 73.9 Å². The molecule has 1 aromatic carbocycles. The Morgan fingerprint density at radius 3 is 2.62 bits per heavy atom. The van der Waals surface area contributed by atoms with Crippen molar-refractivity contribution in [3.8, 4) is 11.1 Å². The largest absolute Gasteiger partial charge is 0.347 e. The zero-order valence-electron chi connectivity index (χ0n) is 20.0. The van der Waals surface area contributed by atoms with Gasteiger partial charge in [0.1, 0.15) is 5.82 Å². The Balaban J connectivity index is 1.49. The zero-order chi connectivity index (χ0) is 23.5. The van der Waals surface area contributed by atoms with Crippen LogP contribution < -0.4 is 9.80 Å². The monoisotopic (exact) mass is 461 g/mol. The summed E-state index contributed by atoms with van der Waals surface area (Å²) in [6.07, 6.45) is 9.39. The molecule has 0 amide bonds. The average Bonchev–Trinajstić information content (AvgIpc) is 3.39. The van der Waals surface area contributed by atoms with Crippen LogP contribution >= 0.6 is 0 Å². The van der Waals surface area contributed by atoms with E-state index in [-0.39, 0.29) is 11.9 Å². The van der Waals surface area contributed by atoms with Crippen LogP contribution in [0.4, 0.5) is 16.3 Å². The van der Waals surface area contributed by atoms with Crippen molar-refractivity contribution in [3.05, 3.63) is 59.9 Å². The highest BCUT2D eigenvalue weighted by molar-refractivity contribution is 5.66. The minimum Gasteiger partial charge on any atom is -0.347 e. The highest BCUT2D eigenvalue weighted by Gasteiger charge is 2.29. The topological polar surface area (TPSA) is 61.3 Å². The maximum absolute atomic E-state index is 14.1. The van der Waals surface area contributed by atoms with Gasteiger partial charge in [-0.2, -0.15) is 0 Å². The molecule has 2 aliphatic heterocycles. The molecule has 3 aromatic rings. The van der Waals surface area contributed by atoms with Crippen LogP contribution in [0, 0.1) is 5.82 Å². The van der Waals surface area contributed by atoms with Gasteiger partial charge in [0.05, 0.1) is 17.4 Å². The van der Waals surface area contributed by atoms with Crippen molar-refractivity contribution in [1.29, 1.82) is 0 Å². The highest BCUT2D eigenvalue weighted by atomic mass is 19.1. The SMILES string of the molecule is CN(C)c1ncc(-c2cccc(F)c2)c(C2CCCCN2Cc2ccnc(N3CCCC3)n2)n1. The average molecular weight is 462 g/mol. The molecule has 0 aliphatic carbocycles. The van der Waals surface area contributed by atoms with Gasteiger partial charge in [0.2, 0.25) is 11.9 Å². The van der Waals surface area contributed by atoms with Crippen LogP contribution in [0.5, 0.6) is 0 Å². The molecule has 0 spiro atoms. The van der Waals surface area contributed by atoms with Crippen molar-refractivity contribution in [2.75, 3.05) is 43.5 Å². The molecule has 178 valence electrons. The van der Waals surface area contributed by atoms with E-state index in [1.807, 2.05) is 43.5 Å². The lowest BCUT2D eigenvalue weighted by Crippen LogP contribution is -2.34. The second kappa shape index (κ2) is 10.0. The Labute approximate surface area is 200 Å². The summed E-state index contributed by atoms with van der Waals surface area (Å²) >= 11 is 0. The van der Waals surface area contributed by atoms with Crippen molar-refractivity contribution >= 4 is 11.9 Å². The molecule has 2 aliphatic rings. The lowest BCUT2D eigenvalue weighted by molar-refractivity contribution is 0.136. The lowest BCUT2D eigenvalue weighted by Gasteiger charge is -2.36. The van der Waals surface area contributed by atoms with E-state index >= 15 is 0 Å². The predicted octanol–water partition coefficient (Wildman–Crippen LogP) is 4.47. The van der Waals surface area contributed by atoms with Crippen molar-refractivity contribution < 1.29 is 4.39 Å². The molecular weight excluding hydrogens is 429 g/mol. The number of anilines is 2. The number of hydrogen-bond acceptors (Lipinski definition) is 7. The first-order valence-corrected chi connectivity index (χ1v) is 12.2. The maximum atomic E-state index is 14.1. The van der Waals surface area contributed by atoms with Crippen LogP contribution in [-0.2, 0) is 6.54 Å². The van der Waals surface area contributed by atoms with Gasteiger partial charge >= 0.3 is 0 Å². The molecule has 1 unspecified atom stereocenters. The smallest absolute Gasteiger partial charge is 0.225 e. The molecule has 0 radical (unpaired) electrons. The van der Waals surface area contributed by atoms with Crippen LogP contribution in [0.25, 0.3) is 11.1 Å². The summed E-state index contributed by atoms with van der Waals surface area (Å²) in [5, 5.41) is 0. The predicted molar refractivity (Wildman–Crippen MR) is 132 cm³/mol. The number of halogens is 1. The van der Waals surface area contributed by atoms with E-state index in [1.54, 1.807) is 12.1 Å². The Hall–Kier alpha value is -3.13. The second-order valence-corrected chi connectivity index (χ2v) is 9.40. The first kappa shape index (κ1) is 22.7. The molecule has 0 saturated carbocycles. The normalized spacial score (nSPS) is 18.9. The van der Waals surface area contributed by atoms with Crippen LogP contribution in [0.1, 0.15) is 49.5 Å². The molecule has 5 rings (SSSR count). The molecule has 2 saturated heterocycles. The number of piperidine rings is 1. The number of rotatable bonds is 6. The van der Waals surface area contributed by atoms with Crippen LogP contribution in [0.2, 0.25) is 0 Å². The third-order valence-electron chi connectivity index (χ3n) is 6.72. The number of hydrogen-bond donors (Lipinski definition) is 0. The molecule has 34 heavy (non-hydrogen) atoms. The molecule has 4 heterocycles. The van der Waals surface area contributed by atoms with Gasteiger partial charge in [-0.05, 0) is 56.0 Å². The molecule has 0 bridgehead atoms. The summed E-state index contributed by atoms with van der Waals surface area (Å²) in [7, 11) is 3.89. The van der Waals surface area contributed by atoms with Gasteiger partial charge in [-0.1, -0.05) is 18.6 Å². The first-order chi connectivity index (χ1) is 16.6. The molecule has 1 atom stereocenters. The summed E-state index contributed by atoms with van der Waals surface area (Å²) in [5.41, 5.74) is 3.68. The molecule has 2 aromatic heterocycles. The Morgan fingerprint density at radius 1 is 1.00 bits per heavy atom. The van der Waals surface area contributed by atoms with Gasteiger partial charge < -0.3 is 9.80 Å². The van der Waals surface area contributed by atoms with Crippen molar-refractivity contribution in [1.82, 2.24) is 24.8 Å². The first-order valence-electron chi connectivity index (χ1n) is 12.2. The van der Waals surface area contributed by atoms with Gasteiger partial charge in [0.25, 0.3) is 0 Å². The Morgan fingerprint density at radius 2 is 1.82 bits per heavy atom. The molecule has 0 N–H and O–H groups in total. The van der Waals surface area contributed by atoms with E-state index in [2.05, 4.69) is 19.8 Å². The molecule has 8 heteroatoms. The summed E-state index contributed by atoms with van der Waals surface area (Å²) < 4.78 is 14.1. The van der Waals surface area contributed by atoms with Gasteiger partial charge in [0, 0.05) is 51.7 Å². The van der Waals surface area contributed by atoms with Gasteiger partial charge in [-0.25, -0.2) is 24.3 Å². The summed E-state index contributed by atoms with van der Waals surface area (Å²) in [5.74, 6) is 1.25. The van der Waals surface area contributed by atoms with Crippen molar-refractivity contribution in [2.24, 2.45) is 0 Å². The minimum absolute atomic E-state index is 0.110. The second-order valence-electron chi connectivity index (χ2n) is 9.40. The number of aromatic nitrogens is 4. The van der Waals surface area contributed by atoms with E-state index in [1.165, 1.54) is 18.9 Å². The fraction of sp³-hybridized carbons (Fsp3) is 0.462. The van der Waals surface area contributed by atoms with Gasteiger partial charge in [-0.3, -0.25) is 4.90 Å². The van der Waals surface area contributed by atoms with Crippen molar-refractivity contribution in [2.45, 2.75) is 44.7 Å². The fourth-order valence-corrected chi connectivity index (χ4v) is 4.97. The maximum Gasteiger partial charge on any atom is 0.225 e. The Bertz CT molecular complexity index is 1130. The molecule has 7 nitrogen and oxygen atoms in total. The lowest BCUT2D eigenvalue weighted by atomic mass is 9.93. The fourth-order valence-electron chi connectivity index (χ4n) is 4.97. The summed E-state index contributed by atoms with van der Waals surface area (Å²) in [4.78, 5) is 25.6. The van der Waals surface area contributed by atoms with E-state index in [0.29, 0.717) is 5.95 Å². The van der Waals surface area contributed by atoms with Crippen LogP contribution in [-0.4, -0.2) is 58.6 Å². The zero-order valence-corrected chi connectivity index (χ0v) is 20.0. The number of nitrogens with zero attached hydrogens (tertiary/aromatic N) is 7. The Kier molecular flexibility index (Phi) is 6.67. The number of likely N-dealkylation sites (tertiary alicyclic amines) is 1. The summed E-state index contributed by atoms with van der Waals surface area (Å²) in [6, 6.07) is 8.84. The van der Waals surface area contributed by atoms with Crippen LogP contribution in [0.15, 0.2) is 42.7 Å². The van der Waals surface area contributed by atoms with Crippen molar-refractivity contribution in [3.63, 3.8) is 0 Å². The molecular formula is C26H32FN7. The highest BCUT2D eigenvalue weighted by Crippen LogP contribution is 2.37. The summed E-state index contributed by atoms with van der Waals surface area (Å²) in [6.45, 7) is 3.76. The standard InChI is InChI=1S/C26H32FN7/c1-32(2)25-29-17-22(19-8-7-9-20(27)16-19)24(31-25)23-10-3-4-15-34(23)18-21-11-12-28-26(30-21)33-13-5-6-14-33/h7-9,11-12,16-17,23H,3-6,10,13-15,18H2,1-2H3. The van der Waals surface area contributed by atoms with E-state index < -0.39 is 0 Å². The quantitative estimate of drug-likeness (QED) is 0.537. The minimum atomic E-state index is -0.254. The van der Waals surface area contributed by atoms with E-state index in [9.17, 15) is 4.39 Å². The van der Waals surface area contributed by atoms with Crippen LogP contribution in [0.3, 0.4) is 0 Å².